The largest absolute Gasteiger partial charge is 0.392 e. The Morgan fingerprint density at radius 1 is 0.698 bits per heavy atom. The minimum atomic E-state index is -0.308. The predicted molar refractivity (Wildman–Crippen MR) is 169 cm³/mol. The Kier molecular flexibility index (Phi) is 18.7. The number of nitrogens with zero attached hydrogens (tertiary/aromatic N) is 1. The van der Waals surface area contributed by atoms with Gasteiger partial charge in [0, 0.05) is 40.4 Å². The van der Waals surface area contributed by atoms with Crippen molar-refractivity contribution in [1.82, 2.24) is 5.32 Å². The topological polar surface area (TPSA) is 72.4 Å². The second-order valence-corrected chi connectivity index (χ2v) is 11.0. The molecule has 0 aliphatic carbocycles. The summed E-state index contributed by atoms with van der Waals surface area (Å²) in [6.07, 6.45) is 0. The van der Waals surface area contributed by atoms with Crippen molar-refractivity contribution >= 4 is 37.5 Å². The van der Waals surface area contributed by atoms with Crippen LogP contribution in [0.5, 0.6) is 0 Å². The van der Waals surface area contributed by atoms with E-state index < -0.39 is 0 Å². The highest BCUT2D eigenvalue weighted by Crippen LogP contribution is 2.22. The van der Waals surface area contributed by atoms with Crippen molar-refractivity contribution in [2.45, 2.75) is 19.8 Å². The molecule has 4 rings (SSSR count). The van der Waals surface area contributed by atoms with Gasteiger partial charge in [0.1, 0.15) is 17.5 Å². The molecule has 0 atom stereocenters. The summed E-state index contributed by atoms with van der Waals surface area (Å²) >= 11 is 6.11. The fourth-order valence-corrected chi connectivity index (χ4v) is 4.58. The first kappa shape index (κ1) is 37.2. The van der Waals surface area contributed by atoms with Gasteiger partial charge < -0.3 is 34.3 Å². The van der Waals surface area contributed by atoms with Crippen LogP contribution in [0.2, 0.25) is 0 Å². The van der Waals surface area contributed by atoms with Gasteiger partial charge >= 0.3 is 0 Å². The average molecular weight is 736 g/mol. The number of anilines is 1. The van der Waals surface area contributed by atoms with Crippen LogP contribution in [-0.4, -0.2) is 71.9 Å². The van der Waals surface area contributed by atoms with E-state index in [1.54, 1.807) is 44.6 Å². The van der Waals surface area contributed by atoms with Crippen LogP contribution in [0.3, 0.4) is 0 Å². The lowest BCUT2D eigenvalue weighted by Gasteiger charge is -2.30. The smallest absolute Gasteiger partial charge is 0.146 e. The van der Waals surface area contributed by atoms with Crippen molar-refractivity contribution in [3.63, 3.8) is 0 Å². The normalized spacial score (nSPS) is 12.7. The molecular formula is C31H39Br2F3N2O5. The Bertz CT molecular complexity index is 1220. The molecule has 3 aromatic rings. The number of piperazine rings is 1. The van der Waals surface area contributed by atoms with Crippen molar-refractivity contribution in [2.75, 3.05) is 71.7 Å². The van der Waals surface area contributed by atoms with Crippen LogP contribution in [-0.2, 0) is 38.8 Å². The number of ether oxygens (including phenoxy) is 4. The van der Waals surface area contributed by atoms with Crippen LogP contribution in [0, 0.1) is 17.5 Å². The van der Waals surface area contributed by atoms with Crippen LogP contribution >= 0.6 is 31.9 Å². The summed E-state index contributed by atoms with van der Waals surface area (Å²) in [6.45, 7) is 6.62. The molecular weight excluding hydrogens is 697 g/mol. The maximum absolute atomic E-state index is 13.9. The minimum Gasteiger partial charge on any atom is -0.392 e. The van der Waals surface area contributed by atoms with Crippen LogP contribution in [0.15, 0.2) is 63.5 Å². The van der Waals surface area contributed by atoms with E-state index in [1.165, 1.54) is 18.2 Å². The molecule has 238 valence electrons. The Morgan fingerprint density at radius 3 is 1.65 bits per heavy atom. The van der Waals surface area contributed by atoms with Crippen molar-refractivity contribution in [1.29, 1.82) is 0 Å². The number of benzene rings is 3. The van der Waals surface area contributed by atoms with Gasteiger partial charge in [-0.3, -0.25) is 0 Å². The fourth-order valence-electron chi connectivity index (χ4n) is 3.73. The summed E-state index contributed by atoms with van der Waals surface area (Å²) < 4.78 is 60.6. The number of aliphatic hydroxyl groups is 1. The summed E-state index contributed by atoms with van der Waals surface area (Å²) in [4.78, 5) is 2.07. The summed E-state index contributed by atoms with van der Waals surface area (Å²) in [7, 11) is 3.27. The number of aliphatic hydroxyl groups excluding tert-OH is 1. The molecule has 2 N–H and O–H groups in total. The number of halogens is 5. The van der Waals surface area contributed by atoms with E-state index in [4.69, 9.17) is 24.1 Å². The van der Waals surface area contributed by atoms with Crippen molar-refractivity contribution in [2.24, 2.45) is 0 Å². The molecule has 0 radical (unpaired) electrons. The zero-order valence-electron chi connectivity index (χ0n) is 24.4. The van der Waals surface area contributed by atoms with Gasteiger partial charge in [-0.25, -0.2) is 13.2 Å². The van der Waals surface area contributed by atoms with E-state index in [0.717, 1.165) is 37.3 Å². The molecule has 7 nitrogen and oxygen atoms in total. The van der Waals surface area contributed by atoms with Gasteiger partial charge in [-0.05, 0) is 84.9 Å². The summed E-state index contributed by atoms with van der Waals surface area (Å²) in [5.41, 5.74) is 3.31. The van der Waals surface area contributed by atoms with Crippen LogP contribution < -0.4 is 10.2 Å². The first-order valence-electron chi connectivity index (χ1n) is 13.6. The van der Waals surface area contributed by atoms with E-state index in [-0.39, 0.29) is 24.1 Å². The molecule has 3 aromatic carbocycles. The number of methoxy groups -OCH3 is 2. The molecule has 12 heteroatoms. The van der Waals surface area contributed by atoms with Gasteiger partial charge in [-0.15, -0.1) is 0 Å². The highest BCUT2D eigenvalue weighted by atomic mass is 79.9. The molecule has 1 aliphatic heterocycles. The SMILES string of the molecule is COCCOCc1ccc(F)c(Br)c1.COCCOCc1ccc(F)c(N2CCNCC2)c1.OCc1ccc(F)c(Br)c1. The Morgan fingerprint density at radius 2 is 1.16 bits per heavy atom. The van der Waals surface area contributed by atoms with Crippen LogP contribution in [0.25, 0.3) is 0 Å². The second kappa shape index (κ2) is 21.6. The van der Waals surface area contributed by atoms with Gasteiger partial charge in [0.05, 0.1) is 60.9 Å². The van der Waals surface area contributed by atoms with Crippen LogP contribution in [0.1, 0.15) is 16.7 Å². The molecule has 0 aromatic heterocycles. The van der Waals surface area contributed by atoms with Gasteiger partial charge in [-0.1, -0.05) is 18.2 Å². The summed E-state index contributed by atoms with van der Waals surface area (Å²) in [5.74, 6) is -0.731. The molecule has 1 saturated heterocycles. The van der Waals surface area contributed by atoms with Gasteiger partial charge in [-0.2, -0.15) is 0 Å². The maximum atomic E-state index is 13.9. The minimum absolute atomic E-state index is 0.0567. The Balaban J connectivity index is 0.000000237. The molecule has 0 bridgehead atoms. The molecule has 0 amide bonds. The number of hydrogen-bond donors (Lipinski definition) is 2. The van der Waals surface area contributed by atoms with E-state index in [2.05, 4.69) is 42.1 Å². The maximum Gasteiger partial charge on any atom is 0.146 e. The molecule has 43 heavy (non-hydrogen) atoms. The van der Waals surface area contributed by atoms with Gasteiger partial charge in [0.15, 0.2) is 0 Å². The second-order valence-electron chi connectivity index (χ2n) is 9.27. The third-order valence-electron chi connectivity index (χ3n) is 6.02. The van der Waals surface area contributed by atoms with Gasteiger partial charge in [0.2, 0.25) is 0 Å². The molecule has 0 spiro atoms. The summed E-state index contributed by atoms with van der Waals surface area (Å²) in [6, 6.07) is 14.4. The van der Waals surface area contributed by atoms with Gasteiger partial charge in [0.25, 0.3) is 0 Å². The predicted octanol–water partition coefficient (Wildman–Crippen LogP) is 6.23. The van der Waals surface area contributed by atoms with E-state index in [1.807, 2.05) is 6.07 Å². The zero-order chi connectivity index (χ0) is 31.5. The van der Waals surface area contributed by atoms with Crippen LogP contribution in [0.4, 0.5) is 18.9 Å². The molecule has 0 saturated carbocycles. The highest BCUT2D eigenvalue weighted by Gasteiger charge is 2.15. The molecule has 0 unspecified atom stereocenters. The Hall–Kier alpha value is -2.03. The fraction of sp³-hybridized carbons (Fsp3) is 0.419. The van der Waals surface area contributed by atoms with Crippen molar-refractivity contribution in [3.05, 3.63) is 97.7 Å². The molecule has 1 aliphatic rings. The van der Waals surface area contributed by atoms with Crippen molar-refractivity contribution in [3.8, 4) is 0 Å². The van der Waals surface area contributed by atoms with E-state index >= 15 is 0 Å². The van der Waals surface area contributed by atoms with E-state index in [0.29, 0.717) is 59.8 Å². The standard InChI is InChI=1S/C14H21FN2O2.C10H12BrFO2.C7H6BrFO/c1-18-8-9-19-11-12-2-3-13(15)14(10-12)17-6-4-16-5-7-17;1-13-4-5-14-7-8-2-3-10(12)9(11)6-8;8-6-3-5(4-10)1-2-7(6)9/h2-3,10,16H,4-9,11H2,1H3;2-3,6H,4-5,7H2,1H3;1-3,10H,4H2. The highest BCUT2D eigenvalue weighted by molar-refractivity contribution is 9.10. The monoisotopic (exact) mass is 734 g/mol. The molecule has 1 fully saturated rings. The third-order valence-corrected chi connectivity index (χ3v) is 7.24. The number of hydrogen-bond acceptors (Lipinski definition) is 7. The first-order chi connectivity index (χ1) is 20.8. The zero-order valence-corrected chi connectivity index (χ0v) is 27.6. The number of nitrogens with one attached hydrogen (secondary N) is 1. The Labute approximate surface area is 268 Å². The number of rotatable bonds is 12. The first-order valence-corrected chi connectivity index (χ1v) is 15.2. The third kappa shape index (κ3) is 14.5. The quantitative estimate of drug-likeness (QED) is 0.214. The lowest BCUT2D eigenvalue weighted by Crippen LogP contribution is -2.43. The lowest BCUT2D eigenvalue weighted by molar-refractivity contribution is 0.0616. The average Bonchev–Trinajstić information content (AvgIpc) is 3.02. The summed E-state index contributed by atoms with van der Waals surface area (Å²) in [5, 5.41) is 11.9. The van der Waals surface area contributed by atoms with E-state index in [9.17, 15) is 13.2 Å². The lowest BCUT2D eigenvalue weighted by atomic mass is 10.1. The van der Waals surface area contributed by atoms with Crippen molar-refractivity contribution < 1.29 is 37.2 Å². The molecule has 1 heterocycles.